The van der Waals surface area contributed by atoms with Gasteiger partial charge in [0.05, 0.1) is 23.0 Å². The van der Waals surface area contributed by atoms with E-state index in [9.17, 15) is 14.9 Å². The number of non-ortho nitro benzene ring substituents is 1. The molecule has 0 amide bonds. The number of nitrogens with two attached hydrogens (primary N) is 1. The molecule has 2 rings (SSSR count). The molecule has 3 atom stereocenters. The van der Waals surface area contributed by atoms with Crippen LogP contribution in [0.4, 0.5) is 5.69 Å². The molecule has 90 valence electrons. The van der Waals surface area contributed by atoms with Gasteiger partial charge in [0.1, 0.15) is 6.29 Å². The third kappa shape index (κ3) is 2.16. The normalized spacial score (nSPS) is 27.9. The van der Waals surface area contributed by atoms with Gasteiger partial charge in [-0.15, -0.1) is 0 Å². The molecule has 1 aromatic rings. The van der Waals surface area contributed by atoms with E-state index in [-0.39, 0.29) is 11.7 Å². The van der Waals surface area contributed by atoms with E-state index in [4.69, 9.17) is 5.73 Å². The summed E-state index contributed by atoms with van der Waals surface area (Å²) in [5.74, 6) is -0.447. The molecule has 3 unspecified atom stereocenters. The van der Waals surface area contributed by atoms with Crippen molar-refractivity contribution in [2.24, 2.45) is 11.7 Å². The highest BCUT2D eigenvalue weighted by Crippen LogP contribution is 2.27. The second-order valence-corrected chi connectivity index (χ2v) is 3.86. The number of hydrazine groups is 1. The number of hydrogen-bond donors (Lipinski definition) is 3. The van der Waals surface area contributed by atoms with Crippen molar-refractivity contribution in [3.05, 3.63) is 39.9 Å². The fraction of sp³-hybridized carbons (Fsp3) is 0.300. The summed E-state index contributed by atoms with van der Waals surface area (Å²) in [5.41, 5.74) is 11.9. The number of nitrogens with one attached hydrogen (secondary N) is 2. The molecule has 1 aromatic carbocycles. The zero-order valence-corrected chi connectivity index (χ0v) is 8.87. The molecule has 7 nitrogen and oxygen atoms in total. The van der Waals surface area contributed by atoms with Crippen molar-refractivity contribution in [3.63, 3.8) is 0 Å². The monoisotopic (exact) mass is 236 g/mol. The number of nitro benzene ring substituents is 1. The first kappa shape index (κ1) is 11.6. The third-order valence-corrected chi connectivity index (χ3v) is 2.80. The summed E-state index contributed by atoms with van der Waals surface area (Å²) < 4.78 is 0. The van der Waals surface area contributed by atoms with Gasteiger partial charge in [-0.1, -0.05) is 12.1 Å². The summed E-state index contributed by atoms with van der Waals surface area (Å²) >= 11 is 0. The Morgan fingerprint density at radius 1 is 1.41 bits per heavy atom. The van der Waals surface area contributed by atoms with Gasteiger partial charge in [0.25, 0.3) is 5.69 Å². The Morgan fingerprint density at radius 2 is 2.18 bits per heavy atom. The lowest BCUT2D eigenvalue weighted by Crippen LogP contribution is -2.39. The van der Waals surface area contributed by atoms with Crippen LogP contribution in [0.15, 0.2) is 24.3 Å². The highest BCUT2D eigenvalue weighted by atomic mass is 16.6. The molecule has 1 aliphatic rings. The van der Waals surface area contributed by atoms with E-state index in [1.807, 2.05) is 0 Å². The van der Waals surface area contributed by atoms with Gasteiger partial charge in [-0.25, -0.2) is 10.9 Å². The summed E-state index contributed by atoms with van der Waals surface area (Å²) in [6.45, 7) is 0. The summed E-state index contributed by atoms with van der Waals surface area (Å²) in [7, 11) is 0. The van der Waals surface area contributed by atoms with E-state index in [0.717, 1.165) is 6.29 Å². The zero-order chi connectivity index (χ0) is 12.4. The fourth-order valence-corrected chi connectivity index (χ4v) is 1.89. The molecule has 7 heteroatoms. The first-order valence-corrected chi connectivity index (χ1v) is 5.10. The SMILES string of the molecule is NC1NNC(c2cccc([N+](=O)[O-])c2)C1C=O. The minimum Gasteiger partial charge on any atom is -0.314 e. The number of hydrogen-bond acceptors (Lipinski definition) is 6. The maximum atomic E-state index is 10.9. The van der Waals surface area contributed by atoms with Crippen LogP contribution in [0.2, 0.25) is 0 Å². The Morgan fingerprint density at radius 3 is 2.82 bits per heavy atom. The van der Waals surface area contributed by atoms with Gasteiger partial charge in [-0.05, 0) is 5.56 Å². The molecule has 0 radical (unpaired) electrons. The lowest BCUT2D eigenvalue weighted by atomic mass is 9.94. The topological polar surface area (TPSA) is 110 Å². The van der Waals surface area contributed by atoms with E-state index in [1.54, 1.807) is 12.1 Å². The molecule has 1 saturated heterocycles. The highest BCUT2D eigenvalue weighted by molar-refractivity contribution is 5.58. The predicted octanol–water partition coefficient (Wildman–Crippen LogP) is -0.156. The van der Waals surface area contributed by atoms with Gasteiger partial charge in [0.2, 0.25) is 0 Å². The van der Waals surface area contributed by atoms with Crippen LogP contribution in [0, 0.1) is 16.0 Å². The molecule has 17 heavy (non-hydrogen) atoms. The molecule has 1 aliphatic heterocycles. The summed E-state index contributed by atoms with van der Waals surface area (Å²) in [6, 6.07) is 5.81. The smallest absolute Gasteiger partial charge is 0.269 e. The summed E-state index contributed by atoms with van der Waals surface area (Å²) in [6.07, 6.45) is 0.262. The Hall–Kier alpha value is -1.83. The number of nitrogens with zero attached hydrogens (tertiary/aromatic N) is 1. The third-order valence-electron chi connectivity index (χ3n) is 2.80. The molecular weight excluding hydrogens is 224 g/mol. The lowest BCUT2D eigenvalue weighted by molar-refractivity contribution is -0.384. The number of nitro groups is 1. The van der Waals surface area contributed by atoms with Crippen LogP contribution in [-0.2, 0) is 4.79 Å². The molecule has 0 saturated carbocycles. The number of carbonyl (C=O) groups excluding carboxylic acids is 1. The molecule has 1 heterocycles. The van der Waals surface area contributed by atoms with Gasteiger partial charge in [0.15, 0.2) is 0 Å². The predicted molar refractivity (Wildman–Crippen MR) is 59.6 cm³/mol. The van der Waals surface area contributed by atoms with E-state index in [1.165, 1.54) is 12.1 Å². The average molecular weight is 236 g/mol. The molecular formula is C10H12N4O3. The molecule has 0 aliphatic carbocycles. The Bertz CT molecular complexity index is 451. The molecule has 1 fully saturated rings. The Labute approximate surface area is 97.1 Å². The fourth-order valence-electron chi connectivity index (χ4n) is 1.89. The summed E-state index contributed by atoms with van der Waals surface area (Å²) in [5, 5.41) is 10.7. The van der Waals surface area contributed by atoms with E-state index in [0.29, 0.717) is 5.56 Å². The van der Waals surface area contributed by atoms with Gasteiger partial charge in [-0.2, -0.15) is 0 Å². The van der Waals surface area contributed by atoms with E-state index < -0.39 is 17.0 Å². The van der Waals surface area contributed by atoms with Gasteiger partial charge in [0, 0.05) is 12.1 Å². The van der Waals surface area contributed by atoms with E-state index in [2.05, 4.69) is 10.9 Å². The van der Waals surface area contributed by atoms with Gasteiger partial charge in [-0.3, -0.25) is 10.1 Å². The molecule has 0 aromatic heterocycles. The van der Waals surface area contributed by atoms with Crippen molar-refractivity contribution in [2.75, 3.05) is 0 Å². The van der Waals surface area contributed by atoms with Crippen molar-refractivity contribution < 1.29 is 9.72 Å². The Balaban J connectivity index is 2.31. The van der Waals surface area contributed by atoms with Crippen molar-refractivity contribution in [1.29, 1.82) is 0 Å². The molecule has 0 spiro atoms. The van der Waals surface area contributed by atoms with Gasteiger partial charge < -0.3 is 10.5 Å². The van der Waals surface area contributed by atoms with Crippen LogP contribution >= 0.6 is 0 Å². The average Bonchev–Trinajstić information content (AvgIpc) is 2.70. The van der Waals surface area contributed by atoms with Crippen LogP contribution in [0.1, 0.15) is 11.6 Å². The van der Waals surface area contributed by atoms with Gasteiger partial charge >= 0.3 is 0 Å². The number of rotatable bonds is 3. The number of benzene rings is 1. The van der Waals surface area contributed by atoms with Crippen molar-refractivity contribution in [1.82, 2.24) is 10.9 Å². The zero-order valence-electron chi connectivity index (χ0n) is 8.87. The largest absolute Gasteiger partial charge is 0.314 e. The summed E-state index contributed by atoms with van der Waals surface area (Å²) in [4.78, 5) is 21.1. The van der Waals surface area contributed by atoms with Crippen LogP contribution in [0.3, 0.4) is 0 Å². The molecule has 0 bridgehead atoms. The second kappa shape index (κ2) is 4.58. The maximum absolute atomic E-state index is 10.9. The van der Waals surface area contributed by atoms with Crippen LogP contribution < -0.4 is 16.6 Å². The second-order valence-electron chi connectivity index (χ2n) is 3.86. The number of carbonyl (C=O) groups is 1. The van der Waals surface area contributed by atoms with Crippen molar-refractivity contribution >= 4 is 12.0 Å². The minimum atomic E-state index is -0.489. The first-order chi connectivity index (χ1) is 8.13. The van der Waals surface area contributed by atoms with E-state index >= 15 is 0 Å². The van der Waals surface area contributed by atoms with Crippen LogP contribution in [0.5, 0.6) is 0 Å². The lowest BCUT2D eigenvalue weighted by Gasteiger charge is -2.14. The minimum absolute atomic E-state index is 0.00517. The van der Waals surface area contributed by atoms with Crippen molar-refractivity contribution in [2.45, 2.75) is 12.2 Å². The highest BCUT2D eigenvalue weighted by Gasteiger charge is 2.34. The van der Waals surface area contributed by atoms with Crippen LogP contribution in [0.25, 0.3) is 0 Å². The quantitative estimate of drug-likeness (QED) is 0.382. The van der Waals surface area contributed by atoms with Crippen molar-refractivity contribution in [3.8, 4) is 0 Å². The number of aldehydes is 1. The Kier molecular flexibility index (Phi) is 3.14. The van der Waals surface area contributed by atoms with Crippen LogP contribution in [-0.4, -0.2) is 17.4 Å². The maximum Gasteiger partial charge on any atom is 0.269 e. The standard InChI is InChI=1S/C10H12N4O3/c11-10-8(5-15)9(12-13-10)6-2-1-3-7(4-6)14(16)17/h1-5,8-10,12-13H,11H2. The first-order valence-electron chi connectivity index (χ1n) is 5.10. The molecule has 4 N–H and O–H groups in total.